The lowest BCUT2D eigenvalue weighted by molar-refractivity contribution is 0.0603. The number of rotatable bonds is 5. The van der Waals surface area contributed by atoms with Gasteiger partial charge in [0.15, 0.2) is 0 Å². The first-order chi connectivity index (χ1) is 16.1. The number of H-pyrrole nitrogens is 1. The van der Waals surface area contributed by atoms with Crippen LogP contribution in [-0.2, 0) is 4.74 Å². The summed E-state index contributed by atoms with van der Waals surface area (Å²) in [5, 5.41) is 3.32. The van der Waals surface area contributed by atoms with Gasteiger partial charge in [0.25, 0.3) is 0 Å². The Hall–Kier alpha value is -4.10. The van der Waals surface area contributed by atoms with Crippen LogP contribution < -0.4 is 10.5 Å². The first kappa shape index (κ1) is 20.8. The molecule has 0 saturated carbocycles. The summed E-state index contributed by atoms with van der Waals surface area (Å²) >= 11 is 1.33. The van der Waals surface area contributed by atoms with Gasteiger partial charge in [0.2, 0.25) is 0 Å². The van der Waals surface area contributed by atoms with Crippen molar-refractivity contribution in [2.75, 3.05) is 20.0 Å². The molecule has 2 aromatic carbocycles. The van der Waals surface area contributed by atoms with E-state index in [9.17, 15) is 4.79 Å². The van der Waals surface area contributed by atoms with Crippen LogP contribution >= 0.6 is 11.3 Å². The molecule has 0 bridgehead atoms. The van der Waals surface area contributed by atoms with E-state index < -0.39 is 5.97 Å². The molecule has 0 fully saturated rings. The van der Waals surface area contributed by atoms with Crippen LogP contribution in [0.5, 0.6) is 5.75 Å². The number of esters is 1. The Morgan fingerprint density at radius 3 is 2.61 bits per heavy atom. The number of hydrogen-bond donors (Lipinski definition) is 2. The number of fused-ring (bicyclic) bond motifs is 1. The number of hydrogen-bond acceptors (Lipinski definition) is 6. The zero-order valence-electron chi connectivity index (χ0n) is 18.1. The SMILES string of the molecule is COC(=O)c1c(-c2cccc(-c3cnc4[nH]cc(-c5ccccc5OC)c4c3)c2)csc1N. The Kier molecular flexibility index (Phi) is 5.32. The van der Waals surface area contributed by atoms with Gasteiger partial charge in [-0.25, -0.2) is 9.78 Å². The van der Waals surface area contributed by atoms with E-state index >= 15 is 0 Å². The van der Waals surface area contributed by atoms with Gasteiger partial charge in [-0.2, -0.15) is 0 Å². The van der Waals surface area contributed by atoms with Gasteiger partial charge in [-0.15, -0.1) is 11.3 Å². The lowest BCUT2D eigenvalue weighted by atomic mass is 9.97. The van der Waals surface area contributed by atoms with Crippen molar-refractivity contribution < 1.29 is 14.3 Å². The molecule has 0 amide bonds. The summed E-state index contributed by atoms with van der Waals surface area (Å²) in [4.78, 5) is 20.2. The zero-order chi connectivity index (χ0) is 22.9. The number of carbonyl (C=O) groups is 1. The van der Waals surface area contributed by atoms with Crippen molar-refractivity contribution >= 4 is 33.3 Å². The highest BCUT2D eigenvalue weighted by molar-refractivity contribution is 7.15. The van der Waals surface area contributed by atoms with Crippen LogP contribution in [-0.4, -0.2) is 30.2 Å². The summed E-state index contributed by atoms with van der Waals surface area (Å²) in [7, 11) is 3.03. The number of nitrogens with one attached hydrogen (secondary N) is 1. The standard InChI is InChI=1S/C26H21N3O3S/c1-31-22-9-4-3-8-18(22)20-13-29-25-19(20)11-17(12-28-25)15-6-5-7-16(10-15)21-14-33-24(27)23(21)26(30)32-2/h3-14H,27H2,1-2H3,(H,28,29). The molecule has 5 rings (SSSR count). The number of para-hydroxylation sites is 1. The van der Waals surface area contributed by atoms with Crippen molar-refractivity contribution in [3.8, 4) is 39.1 Å². The molecule has 7 heteroatoms. The van der Waals surface area contributed by atoms with Crippen LogP contribution in [0.3, 0.4) is 0 Å². The number of nitrogens with two attached hydrogens (primary N) is 1. The Balaban J connectivity index is 1.61. The molecule has 0 aliphatic carbocycles. The number of nitrogen functional groups attached to an aromatic ring is 1. The predicted octanol–water partition coefficient (Wildman–Crippen LogP) is 6.00. The summed E-state index contributed by atoms with van der Waals surface area (Å²) in [5.41, 5.74) is 12.9. The van der Waals surface area contributed by atoms with Gasteiger partial charge in [0.1, 0.15) is 22.0 Å². The van der Waals surface area contributed by atoms with E-state index in [0.717, 1.165) is 50.2 Å². The van der Waals surface area contributed by atoms with Gasteiger partial charge >= 0.3 is 5.97 Å². The minimum absolute atomic E-state index is 0.400. The Morgan fingerprint density at radius 2 is 1.79 bits per heavy atom. The molecule has 3 heterocycles. The molecule has 5 aromatic rings. The highest BCUT2D eigenvalue weighted by atomic mass is 32.1. The molecule has 0 saturated heterocycles. The van der Waals surface area contributed by atoms with E-state index in [2.05, 4.69) is 16.0 Å². The lowest BCUT2D eigenvalue weighted by Crippen LogP contribution is -2.04. The summed E-state index contributed by atoms with van der Waals surface area (Å²) in [6.07, 6.45) is 3.79. The third-order valence-electron chi connectivity index (χ3n) is 5.64. The number of thiophene rings is 1. The molecule has 0 unspecified atom stereocenters. The number of aromatic nitrogens is 2. The minimum Gasteiger partial charge on any atom is -0.496 e. The van der Waals surface area contributed by atoms with E-state index in [1.807, 2.05) is 66.3 Å². The topological polar surface area (TPSA) is 90.2 Å². The summed E-state index contributed by atoms with van der Waals surface area (Å²) in [5.74, 6) is 0.363. The van der Waals surface area contributed by atoms with Crippen LogP contribution in [0.25, 0.3) is 44.4 Å². The van der Waals surface area contributed by atoms with Gasteiger partial charge < -0.3 is 20.2 Å². The summed E-state index contributed by atoms with van der Waals surface area (Å²) in [6.45, 7) is 0. The van der Waals surface area contributed by atoms with Crippen molar-refractivity contribution in [3.05, 3.63) is 77.9 Å². The van der Waals surface area contributed by atoms with Crippen LogP contribution in [0.2, 0.25) is 0 Å². The number of anilines is 1. The lowest BCUT2D eigenvalue weighted by Gasteiger charge is -2.09. The molecule has 0 radical (unpaired) electrons. The second kappa shape index (κ2) is 8.44. The summed E-state index contributed by atoms with van der Waals surface area (Å²) in [6, 6.07) is 18.0. The average Bonchev–Trinajstić information content (AvgIpc) is 3.46. The number of nitrogens with zero attached hydrogens (tertiary/aromatic N) is 1. The molecule has 0 aliphatic rings. The third-order valence-corrected chi connectivity index (χ3v) is 6.46. The van der Waals surface area contributed by atoms with E-state index in [0.29, 0.717) is 10.6 Å². The Bertz CT molecular complexity index is 1490. The normalized spacial score (nSPS) is 11.0. The van der Waals surface area contributed by atoms with Crippen molar-refractivity contribution in [3.63, 3.8) is 0 Å². The molecule has 0 spiro atoms. The van der Waals surface area contributed by atoms with Gasteiger partial charge in [0.05, 0.1) is 14.2 Å². The quantitative estimate of drug-likeness (QED) is 0.317. The van der Waals surface area contributed by atoms with Crippen LogP contribution in [0, 0.1) is 0 Å². The highest BCUT2D eigenvalue weighted by Gasteiger charge is 2.20. The molecule has 6 nitrogen and oxygen atoms in total. The van der Waals surface area contributed by atoms with Crippen molar-refractivity contribution in [2.45, 2.75) is 0 Å². The van der Waals surface area contributed by atoms with Crippen molar-refractivity contribution in [2.24, 2.45) is 0 Å². The maximum absolute atomic E-state index is 12.3. The average molecular weight is 456 g/mol. The molecule has 33 heavy (non-hydrogen) atoms. The molecular weight excluding hydrogens is 434 g/mol. The molecule has 0 aliphatic heterocycles. The minimum atomic E-state index is -0.439. The van der Waals surface area contributed by atoms with Crippen molar-refractivity contribution in [1.29, 1.82) is 0 Å². The highest BCUT2D eigenvalue weighted by Crippen LogP contribution is 2.38. The smallest absolute Gasteiger partial charge is 0.341 e. The fourth-order valence-electron chi connectivity index (χ4n) is 4.02. The Morgan fingerprint density at radius 1 is 0.970 bits per heavy atom. The number of benzene rings is 2. The number of pyridine rings is 1. The first-order valence-electron chi connectivity index (χ1n) is 10.3. The van der Waals surface area contributed by atoms with Gasteiger partial charge in [-0.3, -0.25) is 0 Å². The van der Waals surface area contributed by atoms with E-state index in [-0.39, 0.29) is 0 Å². The number of ether oxygens (including phenoxy) is 2. The fraction of sp³-hybridized carbons (Fsp3) is 0.0769. The first-order valence-corrected chi connectivity index (χ1v) is 11.1. The van der Waals surface area contributed by atoms with Crippen LogP contribution in [0.4, 0.5) is 5.00 Å². The third kappa shape index (κ3) is 3.62. The summed E-state index contributed by atoms with van der Waals surface area (Å²) < 4.78 is 10.5. The molecule has 3 N–H and O–H groups in total. The predicted molar refractivity (Wildman–Crippen MR) is 133 cm³/mol. The second-order valence-electron chi connectivity index (χ2n) is 7.48. The molecule has 3 aromatic heterocycles. The zero-order valence-corrected chi connectivity index (χ0v) is 18.9. The molecule has 0 atom stereocenters. The van der Waals surface area contributed by atoms with Crippen molar-refractivity contribution in [1.82, 2.24) is 9.97 Å². The van der Waals surface area contributed by atoms with Crippen LogP contribution in [0.1, 0.15) is 10.4 Å². The number of aromatic amines is 1. The number of methoxy groups -OCH3 is 2. The van der Waals surface area contributed by atoms with Gasteiger partial charge in [0, 0.05) is 45.4 Å². The molecule has 164 valence electrons. The Labute approximate surface area is 194 Å². The van der Waals surface area contributed by atoms with Gasteiger partial charge in [-0.1, -0.05) is 36.4 Å². The van der Waals surface area contributed by atoms with E-state index in [1.165, 1.54) is 18.4 Å². The maximum Gasteiger partial charge on any atom is 0.341 e. The maximum atomic E-state index is 12.3. The van der Waals surface area contributed by atoms with Gasteiger partial charge in [-0.05, 0) is 29.3 Å². The molecular formula is C26H21N3O3S. The van der Waals surface area contributed by atoms with E-state index in [4.69, 9.17) is 15.2 Å². The van der Waals surface area contributed by atoms with Crippen LogP contribution in [0.15, 0.2) is 72.4 Å². The largest absolute Gasteiger partial charge is 0.496 e. The fourth-order valence-corrected chi connectivity index (χ4v) is 4.83. The van der Waals surface area contributed by atoms with E-state index in [1.54, 1.807) is 7.11 Å². The monoisotopic (exact) mass is 455 g/mol. The number of carbonyl (C=O) groups excluding carboxylic acids is 1. The second-order valence-corrected chi connectivity index (χ2v) is 8.40.